The molecule has 1 fully saturated rings. The zero-order valence-electron chi connectivity index (χ0n) is 22.7. The van der Waals surface area contributed by atoms with Crippen molar-refractivity contribution in [1.82, 2.24) is 15.1 Å². The lowest BCUT2D eigenvalue weighted by Crippen LogP contribution is -2.52. The number of aliphatic imine (C=N–C) groups is 1. The summed E-state index contributed by atoms with van der Waals surface area (Å²) in [6.45, 7) is 9.55. The Kier molecular flexibility index (Phi) is 8.24. The lowest BCUT2D eigenvalue weighted by molar-refractivity contribution is 0.162. The predicted molar refractivity (Wildman–Crippen MR) is 160 cm³/mol. The van der Waals surface area contributed by atoms with Crippen LogP contribution in [0.15, 0.2) is 84.0 Å². The second kappa shape index (κ2) is 11.8. The normalized spacial score (nSPS) is 18.9. The molecule has 2 amide bonds. The standard InChI is InChI=1S/C31H32Cl2N4O3/c1-19(2)40-27-17-25(39-4)13-14-26(27)30-35-28(21-5-9-23(32)10-6-21)29(22-7-11-24(33)12-8-22)37(30)31(38)36-16-15-34-20(3)18-36/h5-14,17,19,28-29,34H,3,15-16,18H2,1-2,4H3/t28-,29?/m1/s1. The highest BCUT2D eigenvalue weighted by molar-refractivity contribution is 6.30. The van der Waals surface area contributed by atoms with E-state index in [0.29, 0.717) is 52.6 Å². The minimum Gasteiger partial charge on any atom is -0.497 e. The van der Waals surface area contributed by atoms with E-state index in [1.165, 1.54) is 0 Å². The SMILES string of the molecule is C=C1CN(C(=O)N2C(c3ccc(OC)cc3OC(C)C)=N[C@H](c3ccc(Cl)cc3)C2c2ccc(Cl)cc2)CCN1. The molecule has 0 saturated carbocycles. The van der Waals surface area contributed by atoms with Gasteiger partial charge in [0, 0.05) is 34.9 Å². The van der Waals surface area contributed by atoms with Gasteiger partial charge in [0.2, 0.25) is 0 Å². The molecule has 0 aliphatic carbocycles. The van der Waals surface area contributed by atoms with Crippen molar-refractivity contribution in [3.05, 3.63) is 106 Å². The molecule has 0 aromatic heterocycles. The molecule has 1 saturated heterocycles. The molecule has 0 bridgehead atoms. The number of amidine groups is 1. The van der Waals surface area contributed by atoms with Crippen LogP contribution in [0, 0.1) is 0 Å². The maximum atomic E-state index is 14.5. The van der Waals surface area contributed by atoms with E-state index in [1.807, 2.05) is 80.6 Å². The van der Waals surface area contributed by atoms with Crippen molar-refractivity contribution in [2.75, 3.05) is 26.7 Å². The fraction of sp³-hybridized carbons (Fsp3) is 0.290. The van der Waals surface area contributed by atoms with Crippen molar-refractivity contribution in [1.29, 1.82) is 0 Å². The van der Waals surface area contributed by atoms with Gasteiger partial charge in [-0.15, -0.1) is 0 Å². The van der Waals surface area contributed by atoms with Gasteiger partial charge in [-0.1, -0.05) is 54.0 Å². The van der Waals surface area contributed by atoms with Gasteiger partial charge in [0.25, 0.3) is 0 Å². The van der Waals surface area contributed by atoms with Crippen LogP contribution in [0.25, 0.3) is 0 Å². The first-order valence-electron chi connectivity index (χ1n) is 13.2. The average Bonchev–Trinajstić information content (AvgIpc) is 3.33. The lowest BCUT2D eigenvalue weighted by atomic mass is 9.93. The lowest BCUT2D eigenvalue weighted by Gasteiger charge is -2.37. The van der Waals surface area contributed by atoms with Crippen molar-refractivity contribution in [3.8, 4) is 11.5 Å². The molecule has 3 aromatic carbocycles. The highest BCUT2D eigenvalue weighted by Crippen LogP contribution is 2.46. The summed E-state index contributed by atoms with van der Waals surface area (Å²) in [7, 11) is 1.61. The summed E-state index contributed by atoms with van der Waals surface area (Å²) in [5.41, 5.74) is 3.34. The van der Waals surface area contributed by atoms with Gasteiger partial charge in [0.15, 0.2) is 0 Å². The number of carbonyl (C=O) groups excluding carboxylic acids is 1. The smallest absolute Gasteiger partial charge is 0.326 e. The molecule has 9 heteroatoms. The Morgan fingerprint density at radius 3 is 2.27 bits per heavy atom. The highest BCUT2D eigenvalue weighted by Gasteiger charge is 2.45. The van der Waals surface area contributed by atoms with Crippen LogP contribution >= 0.6 is 23.2 Å². The van der Waals surface area contributed by atoms with Gasteiger partial charge in [-0.2, -0.15) is 0 Å². The number of hydrogen-bond acceptors (Lipinski definition) is 5. The van der Waals surface area contributed by atoms with E-state index in [0.717, 1.165) is 16.8 Å². The fourth-order valence-corrected chi connectivity index (χ4v) is 5.32. The van der Waals surface area contributed by atoms with Crippen LogP contribution in [-0.4, -0.2) is 54.5 Å². The Labute approximate surface area is 245 Å². The molecule has 7 nitrogen and oxygen atoms in total. The Bertz CT molecular complexity index is 1420. The summed E-state index contributed by atoms with van der Waals surface area (Å²) >= 11 is 12.5. The Morgan fingerprint density at radius 1 is 1.02 bits per heavy atom. The van der Waals surface area contributed by atoms with Gasteiger partial charge in [0.1, 0.15) is 23.4 Å². The summed E-state index contributed by atoms with van der Waals surface area (Å²) in [5, 5.41) is 4.48. The van der Waals surface area contributed by atoms with E-state index < -0.39 is 12.1 Å². The third kappa shape index (κ3) is 5.76. The van der Waals surface area contributed by atoms with Crippen LogP contribution in [0.1, 0.15) is 42.6 Å². The van der Waals surface area contributed by atoms with Crippen molar-refractivity contribution >= 4 is 35.1 Å². The van der Waals surface area contributed by atoms with E-state index in [9.17, 15) is 4.79 Å². The maximum absolute atomic E-state index is 14.5. The predicted octanol–water partition coefficient (Wildman–Crippen LogP) is 6.87. The third-order valence-electron chi connectivity index (χ3n) is 6.90. The van der Waals surface area contributed by atoms with E-state index >= 15 is 0 Å². The number of ether oxygens (including phenoxy) is 2. The van der Waals surface area contributed by atoms with Crippen LogP contribution in [-0.2, 0) is 0 Å². The topological polar surface area (TPSA) is 66.4 Å². The van der Waals surface area contributed by atoms with Crippen LogP contribution in [0.2, 0.25) is 10.0 Å². The summed E-state index contributed by atoms with van der Waals surface area (Å²) in [6.07, 6.45) is -0.104. The van der Waals surface area contributed by atoms with E-state index in [1.54, 1.807) is 16.9 Å². The molecule has 2 aliphatic rings. The third-order valence-corrected chi connectivity index (χ3v) is 7.40. The number of benzene rings is 3. The number of halogens is 2. The molecule has 1 N–H and O–H groups in total. The van der Waals surface area contributed by atoms with Crippen LogP contribution in [0.4, 0.5) is 4.79 Å². The number of nitrogens with one attached hydrogen (secondary N) is 1. The zero-order valence-corrected chi connectivity index (χ0v) is 24.2. The minimum absolute atomic E-state index is 0.104. The summed E-state index contributed by atoms with van der Waals surface area (Å²) in [6, 6.07) is 19.7. The first kappa shape index (κ1) is 27.9. The number of rotatable bonds is 6. The Hall–Kier alpha value is -3.68. The maximum Gasteiger partial charge on any atom is 0.326 e. The summed E-state index contributed by atoms with van der Waals surface area (Å²) in [4.78, 5) is 23.3. The average molecular weight is 580 g/mol. The molecule has 0 radical (unpaired) electrons. The van der Waals surface area contributed by atoms with E-state index in [2.05, 4.69) is 11.9 Å². The van der Waals surface area contributed by atoms with Crippen LogP contribution in [0.5, 0.6) is 11.5 Å². The van der Waals surface area contributed by atoms with Crippen molar-refractivity contribution in [2.24, 2.45) is 4.99 Å². The van der Waals surface area contributed by atoms with Gasteiger partial charge in [0.05, 0.1) is 31.4 Å². The zero-order chi connectivity index (χ0) is 28.4. The highest BCUT2D eigenvalue weighted by atomic mass is 35.5. The minimum atomic E-state index is -0.446. The largest absolute Gasteiger partial charge is 0.497 e. The number of hydrogen-bond donors (Lipinski definition) is 1. The fourth-order valence-electron chi connectivity index (χ4n) is 5.07. The molecule has 5 rings (SSSR count). The first-order chi connectivity index (χ1) is 19.2. The number of carbonyl (C=O) groups is 1. The summed E-state index contributed by atoms with van der Waals surface area (Å²) in [5.74, 6) is 1.76. The molecule has 40 heavy (non-hydrogen) atoms. The molecule has 0 spiro atoms. The van der Waals surface area contributed by atoms with Gasteiger partial charge >= 0.3 is 6.03 Å². The first-order valence-corrected chi connectivity index (χ1v) is 13.9. The van der Waals surface area contributed by atoms with Gasteiger partial charge < -0.3 is 19.7 Å². The van der Waals surface area contributed by atoms with Crippen LogP contribution < -0.4 is 14.8 Å². The quantitative estimate of drug-likeness (QED) is 0.346. The Morgan fingerprint density at radius 2 is 1.68 bits per heavy atom. The molecular formula is C31H32Cl2N4O3. The van der Waals surface area contributed by atoms with Gasteiger partial charge in [-0.3, -0.25) is 9.89 Å². The monoisotopic (exact) mass is 578 g/mol. The second-order valence-electron chi connectivity index (χ2n) is 10.1. The number of amides is 2. The van der Waals surface area contributed by atoms with Gasteiger partial charge in [-0.25, -0.2) is 4.79 Å². The number of urea groups is 1. The van der Waals surface area contributed by atoms with Crippen LogP contribution in [0.3, 0.4) is 0 Å². The van der Waals surface area contributed by atoms with Crippen molar-refractivity contribution in [2.45, 2.75) is 32.0 Å². The number of methoxy groups -OCH3 is 1. The molecular weight excluding hydrogens is 547 g/mol. The molecule has 3 aromatic rings. The van der Waals surface area contributed by atoms with Crippen molar-refractivity contribution < 1.29 is 14.3 Å². The second-order valence-corrected chi connectivity index (χ2v) is 11.0. The van der Waals surface area contributed by atoms with Gasteiger partial charge in [-0.05, 0) is 61.4 Å². The van der Waals surface area contributed by atoms with E-state index in [-0.39, 0.29) is 12.1 Å². The number of piperazine rings is 1. The van der Waals surface area contributed by atoms with E-state index in [4.69, 9.17) is 37.7 Å². The molecule has 2 aliphatic heterocycles. The number of nitrogens with zero attached hydrogens (tertiary/aromatic N) is 3. The van der Waals surface area contributed by atoms with Crippen molar-refractivity contribution in [3.63, 3.8) is 0 Å². The molecule has 2 heterocycles. The Balaban J connectivity index is 1.71. The molecule has 208 valence electrons. The molecule has 2 atom stereocenters. The molecule has 1 unspecified atom stereocenters. The summed E-state index contributed by atoms with van der Waals surface area (Å²) < 4.78 is 11.7.